The highest BCUT2D eigenvalue weighted by molar-refractivity contribution is 6.08. The van der Waals surface area contributed by atoms with Crippen LogP contribution < -0.4 is 0 Å². The number of hydrogen-bond donors (Lipinski definition) is 0. The second-order valence-electron chi connectivity index (χ2n) is 4.36. The van der Waals surface area contributed by atoms with Crippen molar-refractivity contribution >= 4 is 16.8 Å². The van der Waals surface area contributed by atoms with Gasteiger partial charge in [-0.25, -0.2) is 4.98 Å². The number of para-hydroxylation sites is 2. The maximum absolute atomic E-state index is 12.5. The van der Waals surface area contributed by atoms with Crippen LogP contribution in [0.1, 0.15) is 23.1 Å². The van der Waals surface area contributed by atoms with Gasteiger partial charge in [-0.2, -0.15) is 0 Å². The van der Waals surface area contributed by atoms with Crippen molar-refractivity contribution in [2.45, 2.75) is 13.5 Å². The summed E-state index contributed by atoms with van der Waals surface area (Å²) in [6.07, 6.45) is 0. The standard InChI is InChI=1S/C16H14N2O/c1-2-18-14-11-7-6-10-13(14)17-16(18)15(19)12-8-4-3-5-9-12/h3-11H,2H2,1H3. The Morgan fingerprint density at radius 3 is 2.47 bits per heavy atom. The van der Waals surface area contributed by atoms with E-state index in [-0.39, 0.29) is 5.78 Å². The van der Waals surface area contributed by atoms with E-state index in [1.54, 1.807) is 0 Å². The van der Waals surface area contributed by atoms with E-state index in [9.17, 15) is 4.79 Å². The number of aromatic nitrogens is 2. The van der Waals surface area contributed by atoms with Crippen LogP contribution >= 0.6 is 0 Å². The average Bonchev–Trinajstić information content (AvgIpc) is 2.85. The Morgan fingerprint density at radius 1 is 1.05 bits per heavy atom. The minimum Gasteiger partial charge on any atom is -0.321 e. The lowest BCUT2D eigenvalue weighted by Crippen LogP contribution is -2.10. The Balaban J connectivity index is 2.17. The molecular formula is C16H14N2O. The fourth-order valence-electron chi connectivity index (χ4n) is 2.29. The van der Waals surface area contributed by atoms with Crippen LogP contribution in [-0.4, -0.2) is 15.3 Å². The number of nitrogens with zero attached hydrogens (tertiary/aromatic N) is 2. The van der Waals surface area contributed by atoms with Gasteiger partial charge in [-0.15, -0.1) is 0 Å². The summed E-state index contributed by atoms with van der Waals surface area (Å²) in [7, 11) is 0. The molecule has 0 saturated heterocycles. The van der Waals surface area contributed by atoms with Crippen molar-refractivity contribution in [3.8, 4) is 0 Å². The number of ketones is 1. The molecule has 0 atom stereocenters. The molecule has 0 aliphatic rings. The zero-order chi connectivity index (χ0) is 13.2. The number of carbonyl (C=O) groups excluding carboxylic acids is 1. The third-order valence-electron chi connectivity index (χ3n) is 3.21. The molecule has 0 bridgehead atoms. The summed E-state index contributed by atoms with van der Waals surface area (Å²) in [5, 5.41) is 0. The molecule has 0 amide bonds. The molecule has 1 aromatic heterocycles. The van der Waals surface area contributed by atoms with Crippen molar-refractivity contribution in [1.82, 2.24) is 9.55 Å². The summed E-state index contributed by atoms with van der Waals surface area (Å²) in [5.74, 6) is 0.480. The van der Waals surface area contributed by atoms with Crippen molar-refractivity contribution in [1.29, 1.82) is 0 Å². The zero-order valence-electron chi connectivity index (χ0n) is 10.7. The molecule has 1 heterocycles. The number of aryl methyl sites for hydroxylation is 1. The first-order chi connectivity index (χ1) is 9.31. The molecular weight excluding hydrogens is 236 g/mol. The fraction of sp³-hybridized carbons (Fsp3) is 0.125. The third kappa shape index (κ3) is 1.93. The summed E-state index contributed by atoms with van der Waals surface area (Å²) in [6, 6.07) is 17.1. The molecule has 0 saturated carbocycles. The van der Waals surface area contributed by atoms with Crippen LogP contribution in [-0.2, 0) is 6.54 Å². The van der Waals surface area contributed by atoms with Crippen LogP contribution in [0.25, 0.3) is 11.0 Å². The van der Waals surface area contributed by atoms with Gasteiger partial charge in [0.15, 0.2) is 5.82 Å². The van der Waals surface area contributed by atoms with E-state index in [0.717, 1.165) is 17.6 Å². The Labute approximate surface area is 111 Å². The lowest BCUT2D eigenvalue weighted by Gasteiger charge is -2.04. The molecule has 0 spiro atoms. The largest absolute Gasteiger partial charge is 0.321 e. The summed E-state index contributed by atoms with van der Waals surface area (Å²) < 4.78 is 1.96. The van der Waals surface area contributed by atoms with E-state index < -0.39 is 0 Å². The van der Waals surface area contributed by atoms with E-state index in [0.29, 0.717) is 11.4 Å². The SMILES string of the molecule is CCn1c(C(=O)c2ccccc2)nc2ccccc21. The van der Waals surface area contributed by atoms with Gasteiger partial charge in [0.1, 0.15) is 0 Å². The first-order valence-electron chi connectivity index (χ1n) is 6.36. The second kappa shape index (κ2) is 4.69. The van der Waals surface area contributed by atoms with Crippen LogP contribution in [0, 0.1) is 0 Å². The van der Waals surface area contributed by atoms with E-state index in [2.05, 4.69) is 4.98 Å². The number of benzene rings is 2. The number of carbonyl (C=O) groups is 1. The molecule has 19 heavy (non-hydrogen) atoms. The maximum atomic E-state index is 12.5. The van der Waals surface area contributed by atoms with Gasteiger partial charge in [-0.05, 0) is 19.1 Å². The minimum absolute atomic E-state index is 0.0290. The van der Waals surface area contributed by atoms with Crippen molar-refractivity contribution in [3.05, 3.63) is 66.0 Å². The quantitative estimate of drug-likeness (QED) is 0.668. The minimum atomic E-state index is -0.0290. The highest BCUT2D eigenvalue weighted by Crippen LogP contribution is 2.18. The van der Waals surface area contributed by atoms with Crippen LogP contribution in [0.15, 0.2) is 54.6 Å². The van der Waals surface area contributed by atoms with Crippen LogP contribution in [0.3, 0.4) is 0 Å². The number of rotatable bonds is 3. The lowest BCUT2D eigenvalue weighted by atomic mass is 10.1. The average molecular weight is 250 g/mol. The van der Waals surface area contributed by atoms with Gasteiger partial charge in [0.2, 0.25) is 5.78 Å². The fourth-order valence-corrected chi connectivity index (χ4v) is 2.29. The molecule has 0 fully saturated rings. The number of hydrogen-bond acceptors (Lipinski definition) is 2. The molecule has 3 nitrogen and oxygen atoms in total. The summed E-state index contributed by atoms with van der Waals surface area (Å²) in [4.78, 5) is 17.0. The monoisotopic (exact) mass is 250 g/mol. The smallest absolute Gasteiger partial charge is 0.228 e. The first-order valence-corrected chi connectivity index (χ1v) is 6.36. The van der Waals surface area contributed by atoms with E-state index in [1.165, 1.54) is 0 Å². The summed E-state index contributed by atoms with van der Waals surface area (Å²) in [5.41, 5.74) is 2.54. The normalized spacial score (nSPS) is 10.8. The Morgan fingerprint density at radius 2 is 1.74 bits per heavy atom. The van der Waals surface area contributed by atoms with Crippen molar-refractivity contribution in [2.75, 3.05) is 0 Å². The maximum Gasteiger partial charge on any atom is 0.228 e. The molecule has 0 N–H and O–H groups in total. The van der Waals surface area contributed by atoms with Crippen molar-refractivity contribution in [2.24, 2.45) is 0 Å². The number of imidazole rings is 1. The molecule has 0 radical (unpaired) electrons. The third-order valence-corrected chi connectivity index (χ3v) is 3.21. The van der Waals surface area contributed by atoms with Crippen LogP contribution in [0.4, 0.5) is 0 Å². The Hall–Kier alpha value is -2.42. The van der Waals surface area contributed by atoms with Crippen LogP contribution in [0.5, 0.6) is 0 Å². The van der Waals surface area contributed by atoms with Crippen LogP contribution in [0.2, 0.25) is 0 Å². The predicted octanol–water partition coefficient (Wildman–Crippen LogP) is 3.29. The highest BCUT2D eigenvalue weighted by atomic mass is 16.1. The summed E-state index contributed by atoms with van der Waals surface area (Å²) in [6.45, 7) is 2.75. The van der Waals surface area contributed by atoms with Gasteiger partial charge < -0.3 is 4.57 Å². The van der Waals surface area contributed by atoms with Gasteiger partial charge in [-0.3, -0.25) is 4.79 Å². The molecule has 0 unspecified atom stereocenters. The molecule has 2 aromatic carbocycles. The molecule has 0 aliphatic carbocycles. The van der Waals surface area contributed by atoms with Gasteiger partial charge in [0, 0.05) is 12.1 Å². The van der Waals surface area contributed by atoms with E-state index >= 15 is 0 Å². The van der Waals surface area contributed by atoms with Gasteiger partial charge >= 0.3 is 0 Å². The van der Waals surface area contributed by atoms with E-state index in [1.807, 2.05) is 66.1 Å². The first kappa shape index (κ1) is 11.7. The Bertz CT molecular complexity index is 729. The van der Waals surface area contributed by atoms with Gasteiger partial charge in [0.05, 0.1) is 11.0 Å². The molecule has 3 rings (SSSR count). The predicted molar refractivity (Wildman–Crippen MR) is 75.3 cm³/mol. The summed E-state index contributed by atoms with van der Waals surface area (Å²) >= 11 is 0. The number of fused-ring (bicyclic) bond motifs is 1. The lowest BCUT2D eigenvalue weighted by molar-refractivity contribution is 0.102. The Kier molecular flexibility index (Phi) is 2.88. The molecule has 3 heteroatoms. The van der Waals surface area contributed by atoms with Gasteiger partial charge in [0.25, 0.3) is 0 Å². The topological polar surface area (TPSA) is 34.9 Å². The van der Waals surface area contributed by atoms with Crippen molar-refractivity contribution < 1.29 is 4.79 Å². The van der Waals surface area contributed by atoms with E-state index in [4.69, 9.17) is 0 Å². The molecule has 3 aromatic rings. The van der Waals surface area contributed by atoms with Gasteiger partial charge in [-0.1, -0.05) is 42.5 Å². The highest BCUT2D eigenvalue weighted by Gasteiger charge is 2.17. The molecule has 0 aliphatic heterocycles. The van der Waals surface area contributed by atoms with Crippen molar-refractivity contribution in [3.63, 3.8) is 0 Å². The second-order valence-corrected chi connectivity index (χ2v) is 4.36. The zero-order valence-corrected chi connectivity index (χ0v) is 10.7. The molecule has 94 valence electrons.